The van der Waals surface area contributed by atoms with E-state index < -0.39 is 10.0 Å². The molecule has 1 atom stereocenters. The monoisotopic (exact) mass is 369 g/mol. The van der Waals surface area contributed by atoms with Gasteiger partial charge in [-0.3, -0.25) is 0 Å². The van der Waals surface area contributed by atoms with Crippen LogP contribution in [0.15, 0.2) is 17.0 Å². The Kier molecular flexibility index (Phi) is 5.83. The van der Waals surface area contributed by atoms with Crippen molar-refractivity contribution in [1.82, 2.24) is 4.31 Å². The normalized spacial score (nSPS) is 20.7. The molecule has 0 radical (unpaired) electrons. The predicted octanol–water partition coefficient (Wildman–Crippen LogP) is 4.69. The Morgan fingerprint density at radius 2 is 2.00 bits per heavy atom. The Balaban J connectivity index is 2.50. The van der Waals surface area contributed by atoms with Gasteiger partial charge in [-0.1, -0.05) is 36.5 Å². The molecule has 1 fully saturated rings. The number of benzene rings is 1. The number of halogens is 3. The minimum atomic E-state index is -3.65. The molecule has 1 aliphatic heterocycles. The molecule has 1 aromatic carbocycles. The van der Waals surface area contributed by atoms with Gasteiger partial charge in [-0.15, -0.1) is 11.6 Å². The number of nitrogens with zero attached hydrogens (tertiary/aromatic N) is 1. The topological polar surface area (TPSA) is 37.4 Å². The van der Waals surface area contributed by atoms with Gasteiger partial charge in [0.25, 0.3) is 0 Å². The Morgan fingerprint density at radius 1 is 1.29 bits per heavy atom. The van der Waals surface area contributed by atoms with Crippen LogP contribution >= 0.6 is 34.8 Å². The van der Waals surface area contributed by atoms with E-state index in [9.17, 15) is 8.42 Å². The first-order valence-electron chi connectivity index (χ1n) is 6.97. The third-order valence-corrected chi connectivity index (χ3v) is 6.89. The van der Waals surface area contributed by atoms with Crippen LogP contribution in [0.2, 0.25) is 10.0 Å². The molecule has 0 aromatic heterocycles. The summed E-state index contributed by atoms with van der Waals surface area (Å²) in [5.41, 5.74) is 0.537. The molecule has 21 heavy (non-hydrogen) atoms. The number of hydrogen-bond donors (Lipinski definition) is 0. The van der Waals surface area contributed by atoms with Crippen LogP contribution in [0.25, 0.3) is 0 Å². The van der Waals surface area contributed by atoms with Gasteiger partial charge in [0, 0.05) is 23.5 Å². The largest absolute Gasteiger partial charge is 0.244 e. The highest BCUT2D eigenvalue weighted by atomic mass is 35.5. The van der Waals surface area contributed by atoms with Crippen molar-refractivity contribution in [2.75, 3.05) is 6.54 Å². The molecular formula is C14H18Cl3NO2S. The summed E-state index contributed by atoms with van der Waals surface area (Å²) in [6.45, 7) is 2.53. The summed E-state index contributed by atoms with van der Waals surface area (Å²) in [5, 5.41) is 0.508. The van der Waals surface area contributed by atoms with Crippen molar-refractivity contribution in [3.63, 3.8) is 0 Å². The first-order chi connectivity index (χ1) is 9.91. The molecule has 1 unspecified atom stereocenters. The van der Waals surface area contributed by atoms with Crippen LogP contribution in [0.1, 0.15) is 38.2 Å². The summed E-state index contributed by atoms with van der Waals surface area (Å²) in [6, 6.07) is 3.04. The lowest BCUT2D eigenvalue weighted by atomic mass is 10.0. The average molecular weight is 371 g/mol. The molecule has 0 spiro atoms. The van der Waals surface area contributed by atoms with Gasteiger partial charge in [-0.05, 0) is 37.0 Å². The van der Waals surface area contributed by atoms with E-state index in [1.807, 2.05) is 6.92 Å². The number of sulfonamides is 1. The van der Waals surface area contributed by atoms with Crippen molar-refractivity contribution in [2.45, 2.75) is 49.4 Å². The summed E-state index contributed by atoms with van der Waals surface area (Å²) < 4.78 is 27.4. The molecule has 118 valence electrons. The van der Waals surface area contributed by atoms with Crippen molar-refractivity contribution >= 4 is 44.8 Å². The lowest BCUT2D eigenvalue weighted by molar-refractivity contribution is 0.246. The van der Waals surface area contributed by atoms with Crippen molar-refractivity contribution in [2.24, 2.45) is 0 Å². The van der Waals surface area contributed by atoms with E-state index in [2.05, 4.69) is 0 Å². The van der Waals surface area contributed by atoms with Gasteiger partial charge in [0.05, 0.1) is 5.02 Å². The van der Waals surface area contributed by atoms with Gasteiger partial charge < -0.3 is 0 Å². The van der Waals surface area contributed by atoms with E-state index in [1.165, 1.54) is 6.07 Å². The number of rotatable bonds is 4. The molecule has 0 bridgehead atoms. The van der Waals surface area contributed by atoms with Crippen molar-refractivity contribution in [3.8, 4) is 0 Å². The van der Waals surface area contributed by atoms with Crippen LogP contribution in [0.5, 0.6) is 0 Å². The van der Waals surface area contributed by atoms with Gasteiger partial charge in [0.2, 0.25) is 10.0 Å². The zero-order valence-corrected chi connectivity index (χ0v) is 14.9. The summed E-state index contributed by atoms with van der Waals surface area (Å²) in [5.74, 6) is 0.124. The van der Waals surface area contributed by atoms with E-state index in [1.54, 1.807) is 10.4 Å². The Labute approximate surface area is 141 Å². The highest BCUT2D eigenvalue weighted by Gasteiger charge is 2.34. The maximum atomic E-state index is 12.9. The van der Waals surface area contributed by atoms with Crippen LogP contribution in [0.4, 0.5) is 0 Å². The van der Waals surface area contributed by atoms with Crippen molar-refractivity contribution in [1.29, 1.82) is 0 Å². The van der Waals surface area contributed by atoms with E-state index in [-0.39, 0.29) is 21.8 Å². The van der Waals surface area contributed by atoms with E-state index in [4.69, 9.17) is 34.8 Å². The first-order valence-corrected chi connectivity index (χ1v) is 9.70. The molecule has 1 heterocycles. The average Bonchev–Trinajstić information content (AvgIpc) is 2.48. The fourth-order valence-electron chi connectivity index (χ4n) is 2.73. The third kappa shape index (κ3) is 3.50. The second-order valence-corrected chi connectivity index (χ2v) is 8.12. The summed E-state index contributed by atoms with van der Waals surface area (Å²) in [4.78, 5) is 0.0627. The van der Waals surface area contributed by atoms with Crippen molar-refractivity contribution in [3.05, 3.63) is 27.7 Å². The molecule has 1 saturated heterocycles. The number of hydrogen-bond acceptors (Lipinski definition) is 2. The third-order valence-electron chi connectivity index (χ3n) is 3.85. The van der Waals surface area contributed by atoms with Crippen LogP contribution in [0.3, 0.4) is 0 Å². The fourth-order valence-corrected chi connectivity index (χ4v) is 5.68. The quantitative estimate of drug-likeness (QED) is 0.721. The van der Waals surface area contributed by atoms with E-state index in [0.717, 1.165) is 25.7 Å². The van der Waals surface area contributed by atoms with Gasteiger partial charge in [0.15, 0.2) is 0 Å². The van der Waals surface area contributed by atoms with Crippen molar-refractivity contribution < 1.29 is 8.42 Å². The molecule has 2 rings (SSSR count). The molecular weight excluding hydrogens is 353 g/mol. The molecule has 1 aliphatic rings. The molecule has 0 aliphatic carbocycles. The smallest absolute Gasteiger partial charge is 0.207 e. The number of alkyl halides is 1. The zero-order chi connectivity index (χ0) is 15.6. The molecule has 0 amide bonds. The second-order valence-electron chi connectivity index (χ2n) is 5.18. The Morgan fingerprint density at radius 3 is 2.62 bits per heavy atom. The summed E-state index contributed by atoms with van der Waals surface area (Å²) in [6.07, 6.45) is 3.60. The van der Waals surface area contributed by atoms with Crippen LogP contribution in [0, 0.1) is 0 Å². The second kappa shape index (κ2) is 7.05. The van der Waals surface area contributed by atoms with Gasteiger partial charge in [0.1, 0.15) is 4.90 Å². The summed E-state index contributed by atoms with van der Waals surface area (Å²) in [7, 11) is -3.65. The predicted molar refractivity (Wildman–Crippen MR) is 87.8 cm³/mol. The van der Waals surface area contributed by atoms with Crippen LogP contribution in [-0.2, 0) is 15.9 Å². The van der Waals surface area contributed by atoms with Crippen LogP contribution in [-0.4, -0.2) is 25.3 Å². The highest BCUT2D eigenvalue weighted by Crippen LogP contribution is 2.35. The standard InChI is InChI=1S/C14H18Cl3NO2S/c1-2-12-5-3-4-6-18(12)21(19,20)13-8-11(16)7-10(9-15)14(13)17/h7-8,12H,2-6,9H2,1H3. The number of piperidine rings is 1. The maximum absolute atomic E-state index is 12.9. The fraction of sp³-hybridized carbons (Fsp3) is 0.571. The van der Waals surface area contributed by atoms with E-state index >= 15 is 0 Å². The van der Waals surface area contributed by atoms with Gasteiger partial charge >= 0.3 is 0 Å². The van der Waals surface area contributed by atoms with E-state index in [0.29, 0.717) is 17.1 Å². The summed E-state index contributed by atoms with van der Waals surface area (Å²) >= 11 is 18.1. The first kappa shape index (κ1) is 17.4. The van der Waals surface area contributed by atoms with Gasteiger partial charge in [-0.2, -0.15) is 4.31 Å². The molecule has 0 N–H and O–H groups in total. The maximum Gasteiger partial charge on any atom is 0.244 e. The van der Waals surface area contributed by atoms with Gasteiger partial charge in [-0.25, -0.2) is 8.42 Å². The van der Waals surface area contributed by atoms with Crippen LogP contribution < -0.4 is 0 Å². The zero-order valence-electron chi connectivity index (χ0n) is 11.8. The molecule has 3 nitrogen and oxygen atoms in total. The minimum Gasteiger partial charge on any atom is -0.207 e. The Bertz CT molecular complexity index is 619. The SMILES string of the molecule is CCC1CCCCN1S(=O)(=O)c1cc(Cl)cc(CCl)c1Cl. The highest BCUT2D eigenvalue weighted by molar-refractivity contribution is 7.89. The lowest BCUT2D eigenvalue weighted by Gasteiger charge is -2.34. The lowest BCUT2D eigenvalue weighted by Crippen LogP contribution is -2.43. The Hall–Kier alpha value is -0.000000000000000111. The molecule has 0 saturated carbocycles. The minimum absolute atomic E-state index is 0.0262. The molecule has 1 aromatic rings. The molecule has 7 heteroatoms.